The van der Waals surface area contributed by atoms with Gasteiger partial charge in [0.1, 0.15) is 12.4 Å². The summed E-state index contributed by atoms with van der Waals surface area (Å²) in [5, 5.41) is 0. The van der Waals surface area contributed by atoms with E-state index in [2.05, 4.69) is 46.8 Å². The average molecular weight is 296 g/mol. The summed E-state index contributed by atoms with van der Waals surface area (Å²) in [5.74, 6) is 0.917. The molecule has 1 heterocycles. The van der Waals surface area contributed by atoms with Crippen LogP contribution in [0.5, 0.6) is 5.75 Å². The van der Waals surface area contributed by atoms with E-state index in [0.717, 1.165) is 23.4 Å². The van der Waals surface area contributed by atoms with Gasteiger partial charge in [-0.2, -0.15) is 0 Å². The Bertz CT molecular complexity index is 393. The van der Waals surface area contributed by atoms with Gasteiger partial charge in [-0.15, -0.1) is 0 Å². The molecule has 0 saturated carbocycles. The normalized spacial score (nSPS) is 24.2. The van der Waals surface area contributed by atoms with E-state index < -0.39 is 0 Å². The third kappa shape index (κ3) is 3.11. The first-order valence-electron chi connectivity index (χ1n) is 6.00. The van der Waals surface area contributed by atoms with Crippen molar-refractivity contribution in [1.82, 2.24) is 4.90 Å². The fourth-order valence-corrected chi connectivity index (χ4v) is 2.54. The van der Waals surface area contributed by atoms with Crippen LogP contribution in [-0.2, 0) is 0 Å². The van der Waals surface area contributed by atoms with Gasteiger partial charge in [0.05, 0.1) is 4.47 Å². The topological polar surface area (TPSA) is 12.5 Å². The van der Waals surface area contributed by atoms with Gasteiger partial charge in [-0.1, -0.05) is 24.3 Å². The van der Waals surface area contributed by atoms with Crippen LogP contribution in [0.15, 0.2) is 40.9 Å². The second-order valence-electron chi connectivity index (χ2n) is 4.38. The van der Waals surface area contributed by atoms with E-state index in [1.165, 1.54) is 0 Å². The van der Waals surface area contributed by atoms with Gasteiger partial charge in [0.2, 0.25) is 0 Å². The van der Waals surface area contributed by atoms with Crippen LogP contribution in [0.4, 0.5) is 0 Å². The van der Waals surface area contributed by atoms with E-state index in [1.807, 2.05) is 24.3 Å². The van der Waals surface area contributed by atoms with E-state index in [9.17, 15) is 0 Å². The van der Waals surface area contributed by atoms with E-state index in [1.54, 1.807) is 0 Å². The lowest BCUT2D eigenvalue weighted by Crippen LogP contribution is -2.36. The zero-order valence-corrected chi connectivity index (χ0v) is 11.9. The second kappa shape index (κ2) is 5.69. The molecule has 0 aliphatic carbocycles. The Kier molecular flexibility index (Phi) is 4.24. The molecule has 2 atom stereocenters. The largest absolute Gasteiger partial charge is 0.491 e. The van der Waals surface area contributed by atoms with Gasteiger partial charge < -0.3 is 4.74 Å². The first kappa shape index (κ1) is 12.7. The molecule has 1 aliphatic rings. The molecule has 3 heteroatoms. The average Bonchev–Trinajstić information content (AvgIpc) is 2.63. The van der Waals surface area contributed by atoms with Crippen LogP contribution in [0.25, 0.3) is 0 Å². The molecule has 0 radical (unpaired) electrons. The minimum Gasteiger partial charge on any atom is -0.491 e. The highest BCUT2D eigenvalue weighted by Crippen LogP contribution is 2.24. The van der Waals surface area contributed by atoms with Crippen molar-refractivity contribution in [1.29, 1.82) is 0 Å². The molecule has 0 spiro atoms. The Morgan fingerprint density at radius 1 is 1.18 bits per heavy atom. The maximum absolute atomic E-state index is 5.78. The third-order valence-electron chi connectivity index (χ3n) is 3.16. The Balaban J connectivity index is 1.82. The molecule has 1 aromatic carbocycles. The summed E-state index contributed by atoms with van der Waals surface area (Å²) in [5.41, 5.74) is 0. The summed E-state index contributed by atoms with van der Waals surface area (Å²) in [6.45, 7) is 6.12. The quantitative estimate of drug-likeness (QED) is 0.789. The van der Waals surface area contributed by atoms with Crippen LogP contribution in [0.2, 0.25) is 0 Å². The highest BCUT2D eigenvalue weighted by atomic mass is 79.9. The van der Waals surface area contributed by atoms with Crippen LogP contribution in [-0.4, -0.2) is 30.1 Å². The Labute approximate surface area is 111 Å². The van der Waals surface area contributed by atoms with Crippen LogP contribution < -0.4 is 4.74 Å². The zero-order chi connectivity index (χ0) is 12.3. The van der Waals surface area contributed by atoms with Gasteiger partial charge >= 0.3 is 0 Å². The van der Waals surface area contributed by atoms with E-state index in [0.29, 0.717) is 12.1 Å². The molecule has 0 unspecified atom stereocenters. The lowest BCUT2D eigenvalue weighted by molar-refractivity contribution is 0.180. The van der Waals surface area contributed by atoms with Gasteiger partial charge in [-0.25, -0.2) is 0 Å². The molecule has 0 saturated heterocycles. The Morgan fingerprint density at radius 3 is 2.47 bits per heavy atom. The smallest absolute Gasteiger partial charge is 0.133 e. The monoisotopic (exact) mass is 295 g/mol. The molecule has 0 N–H and O–H groups in total. The molecular weight excluding hydrogens is 278 g/mol. The van der Waals surface area contributed by atoms with Crippen molar-refractivity contribution in [3.63, 3.8) is 0 Å². The minimum absolute atomic E-state index is 0.521. The number of rotatable bonds is 4. The lowest BCUT2D eigenvalue weighted by atomic mass is 10.3. The van der Waals surface area contributed by atoms with Crippen molar-refractivity contribution < 1.29 is 4.74 Å². The van der Waals surface area contributed by atoms with Gasteiger partial charge in [0.15, 0.2) is 0 Å². The molecule has 0 amide bonds. The number of halogens is 1. The SMILES string of the molecule is C[C@H]1C=C[C@H](C)N1CCOc1ccccc1Br. The Morgan fingerprint density at radius 2 is 1.82 bits per heavy atom. The van der Waals surface area contributed by atoms with Crippen molar-refractivity contribution in [2.24, 2.45) is 0 Å². The van der Waals surface area contributed by atoms with Crippen LogP contribution in [0.1, 0.15) is 13.8 Å². The molecule has 17 heavy (non-hydrogen) atoms. The summed E-state index contributed by atoms with van der Waals surface area (Å²) in [6.07, 6.45) is 4.51. The van der Waals surface area contributed by atoms with Gasteiger partial charge in [-0.3, -0.25) is 4.90 Å². The predicted molar refractivity (Wildman–Crippen MR) is 74.4 cm³/mol. The summed E-state index contributed by atoms with van der Waals surface area (Å²) >= 11 is 3.48. The molecular formula is C14H18BrNO. The molecule has 92 valence electrons. The van der Waals surface area contributed by atoms with Gasteiger partial charge in [-0.05, 0) is 41.9 Å². The number of hydrogen-bond acceptors (Lipinski definition) is 2. The van der Waals surface area contributed by atoms with Crippen molar-refractivity contribution in [3.05, 3.63) is 40.9 Å². The molecule has 2 nitrogen and oxygen atoms in total. The number of hydrogen-bond donors (Lipinski definition) is 0. The second-order valence-corrected chi connectivity index (χ2v) is 5.24. The summed E-state index contributed by atoms with van der Waals surface area (Å²) in [4.78, 5) is 2.43. The minimum atomic E-state index is 0.521. The highest BCUT2D eigenvalue weighted by molar-refractivity contribution is 9.10. The standard InChI is InChI=1S/C14H18BrNO/c1-11-7-8-12(2)16(11)9-10-17-14-6-4-3-5-13(14)15/h3-8,11-12H,9-10H2,1-2H3/t11-,12-/m0/s1. The summed E-state index contributed by atoms with van der Waals surface area (Å²) < 4.78 is 6.79. The van der Waals surface area contributed by atoms with Crippen molar-refractivity contribution in [2.45, 2.75) is 25.9 Å². The van der Waals surface area contributed by atoms with Crippen molar-refractivity contribution in [3.8, 4) is 5.75 Å². The molecule has 0 bridgehead atoms. The molecule has 0 fully saturated rings. The van der Waals surface area contributed by atoms with Crippen LogP contribution in [0, 0.1) is 0 Å². The number of benzene rings is 1. The fraction of sp³-hybridized carbons (Fsp3) is 0.429. The van der Waals surface area contributed by atoms with Crippen LogP contribution >= 0.6 is 15.9 Å². The number of para-hydroxylation sites is 1. The maximum atomic E-state index is 5.78. The molecule has 1 aromatic rings. The zero-order valence-electron chi connectivity index (χ0n) is 10.3. The van der Waals surface area contributed by atoms with E-state index in [-0.39, 0.29) is 0 Å². The summed E-state index contributed by atoms with van der Waals surface area (Å²) in [6, 6.07) is 9.01. The predicted octanol–water partition coefficient (Wildman–Crippen LogP) is 3.48. The Hall–Kier alpha value is -0.800. The van der Waals surface area contributed by atoms with Crippen LogP contribution in [0.3, 0.4) is 0 Å². The maximum Gasteiger partial charge on any atom is 0.133 e. The molecule has 1 aliphatic heterocycles. The van der Waals surface area contributed by atoms with Crippen molar-refractivity contribution in [2.75, 3.05) is 13.2 Å². The van der Waals surface area contributed by atoms with E-state index in [4.69, 9.17) is 4.74 Å². The van der Waals surface area contributed by atoms with Crippen molar-refractivity contribution >= 4 is 15.9 Å². The third-order valence-corrected chi connectivity index (χ3v) is 3.81. The fourth-order valence-electron chi connectivity index (χ4n) is 2.14. The van der Waals surface area contributed by atoms with E-state index >= 15 is 0 Å². The molecule has 2 rings (SSSR count). The first-order valence-corrected chi connectivity index (χ1v) is 6.79. The highest BCUT2D eigenvalue weighted by Gasteiger charge is 2.21. The number of ether oxygens (including phenoxy) is 1. The summed E-state index contributed by atoms with van der Waals surface area (Å²) in [7, 11) is 0. The van der Waals surface area contributed by atoms with Gasteiger partial charge in [0, 0.05) is 18.6 Å². The number of nitrogens with zero attached hydrogens (tertiary/aromatic N) is 1. The first-order chi connectivity index (χ1) is 8.18. The van der Waals surface area contributed by atoms with Gasteiger partial charge in [0.25, 0.3) is 0 Å². The molecule has 0 aromatic heterocycles. The lowest BCUT2D eigenvalue weighted by Gasteiger charge is -2.26.